The Labute approximate surface area is 233 Å². The average molecular weight is 557 g/mol. The molecule has 2 heterocycles. The summed E-state index contributed by atoms with van der Waals surface area (Å²) in [5.74, 6) is 0.322. The number of methoxy groups -OCH3 is 2. The second-order valence-corrected chi connectivity index (χ2v) is 9.62. The number of hydrogen-bond acceptors (Lipinski definition) is 7. The molecule has 0 bridgehead atoms. The number of piperazine rings is 1. The predicted molar refractivity (Wildman–Crippen MR) is 146 cm³/mol. The molecule has 2 aliphatic rings. The highest BCUT2D eigenvalue weighted by Crippen LogP contribution is 2.40. The molecule has 1 N–H and O–H groups in total. The second kappa shape index (κ2) is 12.4. The van der Waals surface area contributed by atoms with Crippen molar-refractivity contribution in [2.24, 2.45) is 0 Å². The van der Waals surface area contributed by atoms with E-state index in [-0.39, 0.29) is 18.5 Å². The minimum Gasteiger partial charge on any atom is -0.493 e. The van der Waals surface area contributed by atoms with Crippen LogP contribution in [0.5, 0.6) is 11.5 Å². The zero-order valence-electron chi connectivity index (χ0n) is 22.5. The van der Waals surface area contributed by atoms with Crippen molar-refractivity contribution in [3.8, 4) is 11.5 Å². The molecule has 1 saturated heterocycles. The second-order valence-electron chi connectivity index (χ2n) is 9.18. The summed E-state index contributed by atoms with van der Waals surface area (Å²) in [4.78, 5) is 44.8. The molecule has 10 nitrogen and oxygen atoms in total. The van der Waals surface area contributed by atoms with Crippen molar-refractivity contribution >= 4 is 29.5 Å². The Kier molecular flexibility index (Phi) is 8.98. The van der Waals surface area contributed by atoms with Crippen LogP contribution in [0.3, 0.4) is 0 Å². The van der Waals surface area contributed by atoms with Crippen molar-refractivity contribution in [2.75, 3.05) is 60.6 Å². The molecule has 1 atom stereocenters. The van der Waals surface area contributed by atoms with Gasteiger partial charge in [-0.1, -0.05) is 23.7 Å². The van der Waals surface area contributed by atoms with Gasteiger partial charge in [0.2, 0.25) is 0 Å². The first-order valence-electron chi connectivity index (χ1n) is 12.7. The molecule has 1 fully saturated rings. The highest BCUT2D eigenvalue weighted by molar-refractivity contribution is 6.30. The van der Waals surface area contributed by atoms with Crippen molar-refractivity contribution in [1.82, 2.24) is 20.0 Å². The van der Waals surface area contributed by atoms with E-state index in [1.165, 1.54) is 19.1 Å². The fourth-order valence-electron chi connectivity index (χ4n) is 4.87. The predicted octanol–water partition coefficient (Wildman–Crippen LogP) is 3.33. The fraction of sp³-hybridized carbons (Fsp3) is 0.393. The van der Waals surface area contributed by atoms with E-state index < -0.39 is 12.0 Å². The number of nitrogens with zero attached hydrogens (tertiary/aromatic N) is 3. The maximum Gasteiger partial charge on any atom is 0.338 e. The molecule has 0 saturated carbocycles. The molecular formula is C28H33ClN4O6. The number of urea groups is 1. The van der Waals surface area contributed by atoms with E-state index in [2.05, 4.69) is 10.2 Å². The van der Waals surface area contributed by atoms with Gasteiger partial charge in [-0.05, 0) is 37.3 Å². The van der Waals surface area contributed by atoms with Gasteiger partial charge in [-0.15, -0.1) is 0 Å². The smallest absolute Gasteiger partial charge is 0.338 e. The number of carbonyl (C=O) groups excluding carboxylic acids is 3. The maximum atomic E-state index is 13.4. The Morgan fingerprint density at radius 2 is 1.72 bits per heavy atom. The van der Waals surface area contributed by atoms with Gasteiger partial charge in [-0.25, -0.2) is 9.59 Å². The van der Waals surface area contributed by atoms with Crippen molar-refractivity contribution < 1.29 is 28.6 Å². The summed E-state index contributed by atoms with van der Waals surface area (Å²) < 4.78 is 16.5. The highest BCUT2D eigenvalue weighted by atomic mass is 35.5. The SMILES string of the molecule is CCOC(=O)C1=C(CN2CCN(C(=O)c3ccc(Cl)cc3)CC2)N(C)C(=O)NC1c1cccc(OC)c1OC. The molecule has 3 amide bonds. The van der Waals surface area contributed by atoms with Crippen LogP contribution in [0.25, 0.3) is 0 Å². The summed E-state index contributed by atoms with van der Waals surface area (Å²) in [6, 6.07) is 11.0. The standard InChI is InChI=1S/C28H33ClN4O6/c1-5-39-27(35)23-21(17-32-13-15-33(16-14-32)26(34)18-9-11-19(29)12-10-18)31(2)28(36)30-24(23)20-7-6-8-22(37-3)25(20)38-4/h6-12,24H,5,13-17H2,1-4H3,(H,30,36). The van der Waals surface area contributed by atoms with Gasteiger partial charge in [-0.2, -0.15) is 0 Å². The van der Waals surface area contributed by atoms with Crippen LogP contribution in [0, 0.1) is 0 Å². The van der Waals surface area contributed by atoms with Crippen LogP contribution in [0.1, 0.15) is 28.9 Å². The number of halogens is 1. The average Bonchev–Trinajstić information content (AvgIpc) is 2.95. The monoisotopic (exact) mass is 556 g/mol. The normalized spacial score (nSPS) is 18.1. The molecular weight excluding hydrogens is 524 g/mol. The van der Waals surface area contributed by atoms with Gasteiger partial charge in [0.1, 0.15) is 0 Å². The lowest BCUT2D eigenvalue weighted by atomic mass is 9.93. The number of rotatable bonds is 8. The third-order valence-electron chi connectivity index (χ3n) is 6.94. The zero-order chi connectivity index (χ0) is 28.1. The van der Waals surface area contributed by atoms with Gasteiger partial charge in [0.05, 0.1) is 32.4 Å². The van der Waals surface area contributed by atoms with Crippen molar-refractivity contribution in [3.05, 3.63) is 69.9 Å². The molecule has 2 aromatic carbocycles. The van der Waals surface area contributed by atoms with E-state index >= 15 is 0 Å². The van der Waals surface area contributed by atoms with Crippen LogP contribution in [-0.2, 0) is 9.53 Å². The minimum absolute atomic E-state index is 0.0582. The lowest BCUT2D eigenvalue weighted by molar-refractivity contribution is -0.139. The molecule has 2 aliphatic heterocycles. The summed E-state index contributed by atoms with van der Waals surface area (Å²) in [6.45, 7) is 4.40. The number of carbonyl (C=O) groups is 3. The summed E-state index contributed by atoms with van der Waals surface area (Å²) in [7, 11) is 4.67. The van der Waals surface area contributed by atoms with Crippen molar-refractivity contribution in [2.45, 2.75) is 13.0 Å². The molecule has 2 aromatic rings. The summed E-state index contributed by atoms with van der Waals surface area (Å²) in [5.41, 5.74) is 2.02. The van der Waals surface area contributed by atoms with E-state index in [1.54, 1.807) is 61.3 Å². The van der Waals surface area contributed by atoms with E-state index in [9.17, 15) is 14.4 Å². The Balaban J connectivity index is 1.62. The number of likely N-dealkylation sites (N-methyl/N-ethyl adjacent to an activating group) is 1. The van der Waals surface area contributed by atoms with E-state index in [4.69, 9.17) is 25.8 Å². The van der Waals surface area contributed by atoms with Crippen molar-refractivity contribution in [1.29, 1.82) is 0 Å². The number of para-hydroxylation sites is 1. The summed E-state index contributed by atoms with van der Waals surface area (Å²) in [6.07, 6.45) is 0. The molecule has 4 rings (SSSR count). The van der Waals surface area contributed by atoms with Crippen LogP contribution in [0.15, 0.2) is 53.7 Å². The number of nitrogens with one attached hydrogen (secondary N) is 1. The third kappa shape index (κ3) is 5.97. The van der Waals surface area contributed by atoms with Gasteiger partial charge in [-0.3, -0.25) is 14.6 Å². The molecule has 0 aliphatic carbocycles. The molecule has 0 aromatic heterocycles. The summed E-state index contributed by atoms with van der Waals surface area (Å²) in [5, 5.41) is 3.50. The Morgan fingerprint density at radius 1 is 1.03 bits per heavy atom. The van der Waals surface area contributed by atoms with Crippen LogP contribution >= 0.6 is 11.6 Å². The minimum atomic E-state index is -0.805. The van der Waals surface area contributed by atoms with Crippen LogP contribution in [0.4, 0.5) is 4.79 Å². The Morgan fingerprint density at radius 3 is 2.33 bits per heavy atom. The third-order valence-corrected chi connectivity index (χ3v) is 7.19. The van der Waals surface area contributed by atoms with E-state index in [0.29, 0.717) is 71.6 Å². The summed E-state index contributed by atoms with van der Waals surface area (Å²) >= 11 is 5.96. The number of amides is 3. The number of ether oxygens (including phenoxy) is 3. The fourth-order valence-corrected chi connectivity index (χ4v) is 4.99. The van der Waals surface area contributed by atoms with Gasteiger partial charge >= 0.3 is 12.0 Å². The molecule has 1 unspecified atom stereocenters. The van der Waals surface area contributed by atoms with E-state index in [1.807, 2.05) is 0 Å². The number of esters is 1. The van der Waals surface area contributed by atoms with Crippen LogP contribution in [-0.4, -0.2) is 93.2 Å². The molecule has 11 heteroatoms. The molecule has 208 valence electrons. The zero-order valence-corrected chi connectivity index (χ0v) is 23.3. The van der Waals surface area contributed by atoms with Gasteiger partial charge in [0, 0.05) is 61.6 Å². The van der Waals surface area contributed by atoms with E-state index in [0.717, 1.165) is 0 Å². The maximum absolute atomic E-state index is 13.4. The van der Waals surface area contributed by atoms with Crippen molar-refractivity contribution in [3.63, 3.8) is 0 Å². The molecule has 0 spiro atoms. The first-order chi connectivity index (χ1) is 18.8. The van der Waals surface area contributed by atoms with Crippen LogP contribution < -0.4 is 14.8 Å². The number of hydrogen-bond donors (Lipinski definition) is 1. The Hall–Kier alpha value is -3.76. The highest BCUT2D eigenvalue weighted by Gasteiger charge is 2.39. The lowest BCUT2D eigenvalue weighted by Gasteiger charge is -2.39. The first-order valence-corrected chi connectivity index (χ1v) is 13.1. The van der Waals surface area contributed by atoms with Gasteiger partial charge in [0.15, 0.2) is 11.5 Å². The Bertz CT molecular complexity index is 1260. The molecule has 39 heavy (non-hydrogen) atoms. The van der Waals surface area contributed by atoms with Gasteiger partial charge < -0.3 is 24.4 Å². The lowest BCUT2D eigenvalue weighted by Crippen LogP contribution is -2.53. The largest absolute Gasteiger partial charge is 0.493 e. The van der Waals surface area contributed by atoms with Gasteiger partial charge in [0.25, 0.3) is 5.91 Å². The topological polar surface area (TPSA) is 101 Å². The first kappa shape index (κ1) is 28.3. The quantitative estimate of drug-likeness (QED) is 0.498. The number of benzene rings is 2. The molecule has 0 radical (unpaired) electrons. The van der Waals surface area contributed by atoms with Crippen LogP contribution in [0.2, 0.25) is 5.02 Å².